The zero-order valence-electron chi connectivity index (χ0n) is 15.4. The molecule has 0 unspecified atom stereocenters. The molecule has 0 amide bonds. The van der Waals surface area contributed by atoms with Gasteiger partial charge in [0.2, 0.25) is 0 Å². The Balaban J connectivity index is 1.86. The summed E-state index contributed by atoms with van der Waals surface area (Å²) in [4.78, 5) is 0.284. The first-order valence-electron chi connectivity index (χ1n) is 8.74. The van der Waals surface area contributed by atoms with Crippen LogP contribution in [0.25, 0.3) is 28.2 Å². The molecular weight excluding hydrogens is 516 g/mol. The minimum Gasteiger partial charge on any atom is -0.232 e. The minimum atomic E-state index is -3.25. The summed E-state index contributed by atoms with van der Waals surface area (Å²) in [6.45, 7) is 0. The zero-order valence-corrected chi connectivity index (χ0v) is 19.4. The fraction of sp³-hybridized carbons (Fsp3) is 0.0455. The Bertz CT molecular complexity index is 1260. The number of sulfone groups is 1. The second kappa shape index (κ2) is 7.89. The molecule has 0 saturated carbocycles. The van der Waals surface area contributed by atoms with Gasteiger partial charge >= 0.3 is 0 Å². The Hall–Kier alpha value is -2.22. The van der Waals surface area contributed by atoms with Gasteiger partial charge in [0.25, 0.3) is 0 Å². The van der Waals surface area contributed by atoms with Crippen molar-refractivity contribution in [3.05, 3.63) is 87.8 Å². The maximum atomic E-state index is 11.8. The van der Waals surface area contributed by atoms with Gasteiger partial charge in [0.1, 0.15) is 0 Å². The molecule has 0 fully saturated rings. The van der Waals surface area contributed by atoms with E-state index in [1.807, 2.05) is 59.3 Å². The van der Waals surface area contributed by atoms with Crippen molar-refractivity contribution in [1.29, 1.82) is 0 Å². The highest BCUT2D eigenvalue weighted by molar-refractivity contribution is 9.10. The second-order valence-corrected chi connectivity index (χ2v) is 10.5. The summed E-state index contributed by atoms with van der Waals surface area (Å²) in [6, 6.07) is 24.8. The van der Waals surface area contributed by atoms with E-state index in [0.717, 1.165) is 37.1 Å². The Morgan fingerprint density at radius 1 is 0.759 bits per heavy atom. The van der Waals surface area contributed by atoms with Crippen LogP contribution in [0.5, 0.6) is 0 Å². The molecule has 29 heavy (non-hydrogen) atoms. The van der Waals surface area contributed by atoms with E-state index in [1.165, 1.54) is 6.26 Å². The summed E-state index contributed by atoms with van der Waals surface area (Å²) in [5.74, 6) is 0. The molecule has 3 aromatic carbocycles. The van der Waals surface area contributed by atoms with Gasteiger partial charge in [-0.05, 0) is 54.6 Å². The van der Waals surface area contributed by atoms with E-state index in [1.54, 1.807) is 24.3 Å². The third-order valence-electron chi connectivity index (χ3n) is 4.50. The molecule has 0 spiro atoms. The van der Waals surface area contributed by atoms with Gasteiger partial charge in [-0.15, -0.1) is 0 Å². The molecule has 1 heterocycles. The molecule has 1 aromatic heterocycles. The normalized spacial score (nSPS) is 11.6. The predicted molar refractivity (Wildman–Crippen MR) is 123 cm³/mol. The fourth-order valence-electron chi connectivity index (χ4n) is 3.00. The molecule has 4 rings (SSSR count). The molecule has 4 aromatic rings. The largest absolute Gasteiger partial charge is 0.232 e. The van der Waals surface area contributed by atoms with Gasteiger partial charge < -0.3 is 0 Å². The SMILES string of the molecule is CS(=O)(=O)c1ccc(-n2nc(-c3ccc(Br)cc3)cc2-c2ccc(Br)cc2)cc1. The fourth-order valence-corrected chi connectivity index (χ4v) is 4.16. The second-order valence-electron chi connectivity index (χ2n) is 6.61. The lowest BCUT2D eigenvalue weighted by Crippen LogP contribution is -2.01. The molecule has 0 aliphatic rings. The van der Waals surface area contributed by atoms with Gasteiger partial charge in [-0.2, -0.15) is 5.10 Å². The third kappa shape index (κ3) is 4.37. The molecular formula is C22H16Br2N2O2S. The summed E-state index contributed by atoms with van der Waals surface area (Å²) >= 11 is 6.93. The molecule has 0 bridgehead atoms. The van der Waals surface area contributed by atoms with Crippen LogP contribution in [0.1, 0.15) is 0 Å². The molecule has 4 nitrogen and oxygen atoms in total. The van der Waals surface area contributed by atoms with E-state index in [9.17, 15) is 8.42 Å². The van der Waals surface area contributed by atoms with E-state index in [0.29, 0.717) is 0 Å². The number of hydrogen-bond acceptors (Lipinski definition) is 3. The van der Waals surface area contributed by atoms with E-state index >= 15 is 0 Å². The standard InChI is InChI=1S/C22H16Br2N2O2S/c1-29(27,28)20-12-10-19(11-13-20)26-22(16-4-8-18(24)9-5-16)14-21(25-26)15-2-6-17(23)7-3-15/h2-14H,1H3. The van der Waals surface area contributed by atoms with Gasteiger partial charge in [0.15, 0.2) is 9.84 Å². The van der Waals surface area contributed by atoms with Gasteiger partial charge in [-0.1, -0.05) is 56.1 Å². The van der Waals surface area contributed by atoms with Crippen LogP contribution >= 0.6 is 31.9 Å². The highest BCUT2D eigenvalue weighted by Crippen LogP contribution is 2.30. The van der Waals surface area contributed by atoms with Crippen LogP contribution in [-0.2, 0) is 9.84 Å². The summed E-state index contributed by atoms with van der Waals surface area (Å²) in [7, 11) is -3.25. The van der Waals surface area contributed by atoms with Crippen LogP contribution in [0.3, 0.4) is 0 Å². The van der Waals surface area contributed by atoms with Crippen LogP contribution in [0, 0.1) is 0 Å². The van der Waals surface area contributed by atoms with Crippen LogP contribution in [0.4, 0.5) is 0 Å². The van der Waals surface area contributed by atoms with Crippen LogP contribution in [0.15, 0.2) is 92.7 Å². The van der Waals surface area contributed by atoms with Crippen molar-refractivity contribution < 1.29 is 8.42 Å². The Labute approximate surface area is 186 Å². The monoisotopic (exact) mass is 530 g/mol. The van der Waals surface area contributed by atoms with Crippen LogP contribution in [-0.4, -0.2) is 24.5 Å². The number of rotatable bonds is 4. The van der Waals surface area contributed by atoms with E-state index in [-0.39, 0.29) is 4.90 Å². The summed E-state index contributed by atoms with van der Waals surface area (Å²) < 4.78 is 27.4. The first kappa shape index (κ1) is 20.1. The van der Waals surface area contributed by atoms with Crippen LogP contribution < -0.4 is 0 Å². The zero-order chi connectivity index (χ0) is 20.6. The summed E-state index contributed by atoms with van der Waals surface area (Å²) in [6.07, 6.45) is 1.20. The third-order valence-corrected chi connectivity index (χ3v) is 6.68. The molecule has 146 valence electrons. The average molecular weight is 532 g/mol. The average Bonchev–Trinajstić information content (AvgIpc) is 3.14. The molecule has 0 atom stereocenters. The molecule has 7 heteroatoms. The van der Waals surface area contributed by atoms with Crippen molar-refractivity contribution in [2.24, 2.45) is 0 Å². The van der Waals surface area contributed by atoms with Crippen molar-refractivity contribution in [3.63, 3.8) is 0 Å². The van der Waals surface area contributed by atoms with E-state index < -0.39 is 9.84 Å². The minimum absolute atomic E-state index is 0.284. The summed E-state index contributed by atoms with van der Waals surface area (Å²) in [5.41, 5.74) is 4.55. The lowest BCUT2D eigenvalue weighted by molar-refractivity contribution is 0.602. The molecule has 0 aliphatic carbocycles. The maximum absolute atomic E-state index is 11.8. The molecule has 0 N–H and O–H groups in total. The lowest BCUT2D eigenvalue weighted by atomic mass is 10.1. The quantitative estimate of drug-likeness (QED) is 0.318. The number of halogens is 2. The highest BCUT2D eigenvalue weighted by atomic mass is 79.9. The molecule has 0 aliphatic heterocycles. The van der Waals surface area contributed by atoms with Crippen molar-refractivity contribution >= 4 is 41.7 Å². The van der Waals surface area contributed by atoms with Crippen molar-refractivity contribution in [3.8, 4) is 28.2 Å². The van der Waals surface area contributed by atoms with Gasteiger partial charge in [-0.3, -0.25) is 0 Å². The lowest BCUT2D eigenvalue weighted by Gasteiger charge is -2.08. The Kier molecular flexibility index (Phi) is 5.46. The first-order valence-corrected chi connectivity index (χ1v) is 12.2. The predicted octanol–water partition coefficient (Wildman–Crippen LogP) is 6.13. The van der Waals surface area contributed by atoms with Crippen molar-refractivity contribution in [2.75, 3.05) is 6.26 Å². The Morgan fingerprint density at radius 3 is 1.79 bits per heavy atom. The Morgan fingerprint density at radius 2 is 1.28 bits per heavy atom. The van der Waals surface area contributed by atoms with E-state index in [4.69, 9.17) is 5.10 Å². The highest BCUT2D eigenvalue weighted by Gasteiger charge is 2.14. The summed E-state index contributed by atoms with van der Waals surface area (Å²) in [5, 5.41) is 4.81. The number of hydrogen-bond donors (Lipinski definition) is 0. The van der Waals surface area contributed by atoms with Gasteiger partial charge in [-0.25, -0.2) is 13.1 Å². The smallest absolute Gasteiger partial charge is 0.175 e. The maximum Gasteiger partial charge on any atom is 0.175 e. The number of aromatic nitrogens is 2. The van der Waals surface area contributed by atoms with Gasteiger partial charge in [0.05, 0.1) is 22.0 Å². The van der Waals surface area contributed by atoms with E-state index in [2.05, 4.69) is 31.9 Å². The van der Waals surface area contributed by atoms with Crippen LogP contribution in [0.2, 0.25) is 0 Å². The topological polar surface area (TPSA) is 52.0 Å². The van der Waals surface area contributed by atoms with Crippen molar-refractivity contribution in [2.45, 2.75) is 4.90 Å². The molecule has 0 radical (unpaired) electrons. The number of nitrogens with zero attached hydrogens (tertiary/aromatic N) is 2. The number of benzene rings is 3. The first-order chi connectivity index (χ1) is 13.8. The van der Waals surface area contributed by atoms with Crippen molar-refractivity contribution in [1.82, 2.24) is 9.78 Å². The van der Waals surface area contributed by atoms with Gasteiger partial charge in [0, 0.05) is 26.3 Å². The molecule has 0 saturated heterocycles.